The third kappa shape index (κ3) is 1.98. The average molecular weight is 323 g/mol. The highest BCUT2D eigenvalue weighted by Crippen LogP contribution is 2.49. The second-order valence-corrected chi connectivity index (χ2v) is 7.81. The van der Waals surface area contributed by atoms with E-state index in [4.69, 9.17) is 0 Å². The van der Waals surface area contributed by atoms with E-state index in [2.05, 4.69) is 0 Å². The third-order valence-electron chi connectivity index (χ3n) is 3.78. The van der Waals surface area contributed by atoms with Crippen molar-refractivity contribution in [2.45, 2.75) is 17.0 Å². The number of nitrogens with zero attached hydrogens (tertiary/aromatic N) is 1. The van der Waals surface area contributed by atoms with Gasteiger partial charge in [-0.05, 0) is 19.1 Å². The zero-order valence-electron chi connectivity index (χ0n) is 11.2. The molecule has 0 radical (unpaired) electrons. The molecule has 2 amide bonds. The molecule has 1 N–H and O–H groups in total. The molecule has 0 saturated carbocycles. The Morgan fingerprint density at radius 3 is 2.10 bits per heavy atom. The highest BCUT2D eigenvalue weighted by molar-refractivity contribution is 8.22. The van der Waals surface area contributed by atoms with Crippen molar-refractivity contribution in [3.63, 3.8) is 0 Å². The van der Waals surface area contributed by atoms with E-state index in [9.17, 15) is 19.5 Å². The van der Waals surface area contributed by atoms with Crippen LogP contribution in [-0.2, 0) is 4.79 Å². The molecular formula is C14H13NO4S2. The zero-order valence-corrected chi connectivity index (χ0v) is 12.9. The van der Waals surface area contributed by atoms with Gasteiger partial charge in [0.15, 0.2) is 4.08 Å². The number of carbonyl (C=O) groups excluding carboxylic acids is 2. The molecule has 0 unspecified atom stereocenters. The number of amides is 2. The quantitative estimate of drug-likeness (QED) is 0.857. The van der Waals surface area contributed by atoms with Crippen molar-refractivity contribution in [1.82, 2.24) is 4.90 Å². The van der Waals surface area contributed by atoms with E-state index < -0.39 is 27.9 Å². The molecule has 2 aliphatic heterocycles. The lowest BCUT2D eigenvalue weighted by atomic mass is 10.1. The smallest absolute Gasteiger partial charge is 0.332 e. The largest absolute Gasteiger partial charge is 0.480 e. The van der Waals surface area contributed by atoms with Crippen LogP contribution in [0.1, 0.15) is 27.6 Å². The third-order valence-corrected chi connectivity index (χ3v) is 7.45. The SMILES string of the molecule is C[C@H](N1C(=O)c2ccccc2C1=O)C1(C(=O)O)SCCS1. The van der Waals surface area contributed by atoms with E-state index >= 15 is 0 Å². The van der Waals surface area contributed by atoms with Crippen LogP contribution in [-0.4, -0.2) is 49.4 Å². The van der Waals surface area contributed by atoms with Gasteiger partial charge in [0, 0.05) is 11.5 Å². The molecule has 1 atom stereocenters. The number of imide groups is 1. The molecule has 1 aromatic rings. The van der Waals surface area contributed by atoms with Crippen molar-refractivity contribution < 1.29 is 19.5 Å². The van der Waals surface area contributed by atoms with E-state index in [1.54, 1.807) is 31.2 Å². The van der Waals surface area contributed by atoms with E-state index in [1.165, 1.54) is 23.5 Å². The van der Waals surface area contributed by atoms with Crippen molar-refractivity contribution in [2.75, 3.05) is 11.5 Å². The topological polar surface area (TPSA) is 74.7 Å². The molecule has 3 rings (SSSR count). The summed E-state index contributed by atoms with van der Waals surface area (Å²) in [6.45, 7) is 1.64. The Bertz CT molecular complexity index is 605. The number of carboxylic acids is 1. The van der Waals surface area contributed by atoms with Crippen LogP contribution in [0.5, 0.6) is 0 Å². The fourth-order valence-electron chi connectivity index (χ4n) is 2.70. The van der Waals surface area contributed by atoms with Gasteiger partial charge in [0.2, 0.25) is 0 Å². The molecule has 2 heterocycles. The van der Waals surface area contributed by atoms with E-state index in [-0.39, 0.29) is 0 Å². The van der Waals surface area contributed by atoms with E-state index in [0.717, 1.165) is 4.90 Å². The van der Waals surface area contributed by atoms with Crippen LogP contribution in [0.3, 0.4) is 0 Å². The second-order valence-electron chi connectivity index (χ2n) is 4.87. The fraction of sp³-hybridized carbons (Fsp3) is 0.357. The fourth-order valence-corrected chi connectivity index (χ4v) is 5.75. The minimum absolute atomic E-state index is 0.350. The average Bonchev–Trinajstić information content (AvgIpc) is 3.05. The maximum absolute atomic E-state index is 12.5. The first-order valence-corrected chi connectivity index (χ1v) is 8.44. The Balaban J connectivity index is 2.00. The Labute approximate surface area is 130 Å². The van der Waals surface area contributed by atoms with Crippen LogP contribution in [0.2, 0.25) is 0 Å². The Morgan fingerprint density at radius 2 is 1.67 bits per heavy atom. The van der Waals surface area contributed by atoms with Gasteiger partial charge in [-0.2, -0.15) is 0 Å². The summed E-state index contributed by atoms with van der Waals surface area (Å²) >= 11 is 2.59. The van der Waals surface area contributed by atoms with Gasteiger partial charge in [-0.15, -0.1) is 23.5 Å². The minimum Gasteiger partial charge on any atom is -0.480 e. The summed E-state index contributed by atoms with van der Waals surface area (Å²) in [6.07, 6.45) is 0. The molecule has 0 bridgehead atoms. The summed E-state index contributed by atoms with van der Waals surface area (Å²) in [7, 11) is 0. The summed E-state index contributed by atoms with van der Waals surface area (Å²) in [6, 6.07) is 5.89. The summed E-state index contributed by atoms with van der Waals surface area (Å²) in [5.41, 5.74) is 0.700. The maximum Gasteiger partial charge on any atom is 0.332 e. The minimum atomic E-state index is -1.17. The van der Waals surface area contributed by atoms with E-state index in [0.29, 0.717) is 22.6 Å². The van der Waals surface area contributed by atoms with Crippen molar-refractivity contribution in [3.05, 3.63) is 35.4 Å². The van der Waals surface area contributed by atoms with Crippen molar-refractivity contribution >= 4 is 41.3 Å². The molecule has 21 heavy (non-hydrogen) atoms. The van der Waals surface area contributed by atoms with Gasteiger partial charge in [-0.3, -0.25) is 14.5 Å². The Hall–Kier alpha value is -1.47. The van der Waals surface area contributed by atoms with Crippen molar-refractivity contribution in [1.29, 1.82) is 0 Å². The van der Waals surface area contributed by atoms with Crippen LogP contribution in [0, 0.1) is 0 Å². The summed E-state index contributed by atoms with van der Waals surface area (Å²) in [5.74, 6) is -0.401. The lowest BCUT2D eigenvalue weighted by Crippen LogP contribution is -2.52. The van der Waals surface area contributed by atoms with Gasteiger partial charge in [0.1, 0.15) is 0 Å². The number of thioether (sulfide) groups is 2. The van der Waals surface area contributed by atoms with Gasteiger partial charge < -0.3 is 5.11 Å². The second kappa shape index (κ2) is 5.06. The first-order valence-electron chi connectivity index (χ1n) is 6.47. The monoisotopic (exact) mass is 323 g/mol. The number of benzene rings is 1. The van der Waals surface area contributed by atoms with Gasteiger partial charge in [-0.1, -0.05) is 12.1 Å². The van der Waals surface area contributed by atoms with Gasteiger partial charge in [0.25, 0.3) is 11.8 Å². The molecule has 1 aromatic carbocycles. The summed E-state index contributed by atoms with van der Waals surface area (Å²) in [4.78, 5) is 37.7. The highest BCUT2D eigenvalue weighted by Gasteiger charge is 2.54. The number of hydrogen-bond donors (Lipinski definition) is 1. The first-order chi connectivity index (χ1) is 9.99. The van der Waals surface area contributed by atoms with Crippen molar-refractivity contribution in [2.24, 2.45) is 0 Å². The molecule has 0 aromatic heterocycles. The summed E-state index contributed by atoms with van der Waals surface area (Å²) in [5, 5.41) is 9.59. The van der Waals surface area contributed by atoms with Gasteiger partial charge >= 0.3 is 5.97 Å². The molecule has 110 valence electrons. The standard InChI is InChI=1S/C14H13NO4S2/c1-8(14(13(18)19)20-6-7-21-14)15-11(16)9-4-2-3-5-10(9)12(15)17/h2-5,8H,6-7H2,1H3,(H,18,19)/t8-/m0/s1. The Kier molecular flexibility index (Phi) is 3.49. The molecule has 0 spiro atoms. The molecule has 7 heteroatoms. The van der Waals surface area contributed by atoms with E-state index in [1.807, 2.05) is 0 Å². The number of carbonyl (C=O) groups is 3. The molecular weight excluding hydrogens is 310 g/mol. The number of aliphatic carboxylic acids is 1. The Morgan fingerprint density at radius 1 is 1.19 bits per heavy atom. The molecule has 1 saturated heterocycles. The van der Waals surface area contributed by atoms with Crippen LogP contribution >= 0.6 is 23.5 Å². The van der Waals surface area contributed by atoms with Crippen LogP contribution in [0.15, 0.2) is 24.3 Å². The lowest BCUT2D eigenvalue weighted by Gasteiger charge is -2.34. The van der Waals surface area contributed by atoms with Crippen LogP contribution < -0.4 is 0 Å². The number of fused-ring (bicyclic) bond motifs is 1. The zero-order chi connectivity index (χ0) is 15.2. The summed E-state index contributed by atoms with van der Waals surface area (Å²) < 4.78 is -1.17. The molecule has 1 fully saturated rings. The predicted molar refractivity (Wildman–Crippen MR) is 81.7 cm³/mol. The molecule has 0 aliphatic carbocycles. The number of hydrogen-bond acceptors (Lipinski definition) is 5. The van der Waals surface area contributed by atoms with Gasteiger partial charge in [0.05, 0.1) is 17.2 Å². The molecule has 5 nitrogen and oxygen atoms in total. The van der Waals surface area contributed by atoms with Crippen LogP contribution in [0.4, 0.5) is 0 Å². The highest BCUT2D eigenvalue weighted by atomic mass is 32.2. The molecule has 2 aliphatic rings. The van der Waals surface area contributed by atoms with Gasteiger partial charge in [-0.25, -0.2) is 4.79 Å². The maximum atomic E-state index is 12.5. The number of rotatable bonds is 3. The van der Waals surface area contributed by atoms with Crippen LogP contribution in [0.25, 0.3) is 0 Å². The predicted octanol–water partition coefficient (Wildman–Crippen LogP) is 1.93. The normalized spacial score (nSPS) is 21.5. The lowest BCUT2D eigenvalue weighted by molar-refractivity contribution is -0.138. The van der Waals surface area contributed by atoms with Crippen molar-refractivity contribution in [3.8, 4) is 0 Å². The first kappa shape index (κ1) is 14.5. The number of carboxylic acid groups (broad SMARTS) is 1.